The van der Waals surface area contributed by atoms with Crippen LogP contribution < -0.4 is 5.73 Å². The zero-order valence-electron chi connectivity index (χ0n) is 13.4. The Balaban J connectivity index is 2.20. The molecule has 1 heterocycles. The highest BCUT2D eigenvalue weighted by molar-refractivity contribution is 5.01. The van der Waals surface area contributed by atoms with Crippen molar-refractivity contribution < 1.29 is 4.74 Å². The van der Waals surface area contributed by atoms with Gasteiger partial charge in [-0.2, -0.15) is 0 Å². The van der Waals surface area contributed by atoms with E-state index in [9.17, 15) is 0 Å². The van der Waals surface area contributed by atoms with Crippen molar-refractivity contribution in [3.8, 4) is 0 Å². The van der Waals surface area contributed by atoms with Crippen LogP contribution in [0.15, 0.2) is 0 Å². The van der Waals surface area contributed by atoms with Crippen molar-refractivity contribution in [2.24, 2.45) is 17.6 Å². The van der Waals surface area contributed by atoms with E-state index in [2.05, 4.69) is 39.5 Å². The molecular formula is C16H32N2O. The number of hydrogen-bond acceptors (Lipinski definition) is 3. The summed E-state index contributed by atoms with van der Waals surface area (Å²) in [6.07, 6.45) is 4.15. The first-order chi connectivity index (χ1) is 8.76. The summed E-state index contributed by atoms with van der Waals surface area (Å²) in [5.74, 6) is 1.57. The van der Waals surface area contributed by atoms with E-state index < -0.39 is 0 Å². The van der Waals surface area contributed by atoms with Crippen LogP contribution >= 0.6 is 0 Å². The van der Waals surface area contributed by atoms with Gasteiger partial charge in [0.2, 0.25) is 0 Å². The van der Waals surface area contributed by atoms with Crippen molar-refractivity contribution in [1.82, 2.24) is 4.90 Å². The van der Waals surface area contributed by atoms with Crippen LogP contribution in [0.3, 0.4) is 0 Å². The molecule has 2 N–H and O–H groups in total. The Labute approximate surface area is 118 Å². The molecule has 3 atom stereocenters. The quantitative estimate of drug-likeness (QED) is 0.837. The van der Waals surface area contributed by atoms with E-state index >= 15 is 0 Å². The van der Waals surface area contributed by atoms with Crippen LogP contribution in [0.1, 0.15) is 53.9 Å². The Hall–Kier alpha value is -0.120. The summed E-state index contributed by atoms with van der Waals surface area (Å²) in [5, 5.41) is 0. The standard InChI is InChI=1S/C16H32N2O/c1-12-6-13(2)8-16(7-12,10-17)18-9-14(3)19-15(4,5)11-18/h12-14H,6-11,17H2,1-5H3. The Morgan fingerprint density at radius 2 is 1.74 bits per heavy atom. The lowest BCUT2D eigenvalue weighted by Crippen LogP contribution is -2.65. The lowest BCUT2D eigenvalue weighted by Gasteiger charge is -2.55. The van der Waals surface area contributed by atoms with Crippen molar-refractivity contribution in [3.05, 3.63) is 0 Å². The van der Waals surface area contributed by atoms with Gasteiger partial charge < -0.3 is 10.5 Å². The molecule has 0 aromatic heterocycles. The fraction of sp³-hybridized carbons (Fsp3) is 1.00. The highest BCUT2D eigenvalue weighted by Gasteiger charge is 2.45. The van der Waals surface area contributed by atoms with Gasteiger partial charge in [0.15, 0.2) is 0 Å². The van der Waals surface area contributed by atoms with Crippen LogP contribution in [-0.2, 0) is 4.74 Å². The number of nitrogens with two attached hydrogens (primary N) is 1. The molecule has 0 aromatic rings. The summed E-state index contributed by atoms with van der Waals surface area (Å²) in [7, 11) is 0. The number of ether oxygens (including phenoxy) is 1. The molecule has 1 aliphatic heterocycles. The topological polar surface area (TPSA) is 38.5 Å². The van der Waals surface area contributed by atoms with Crippen molar-refractivity contribution in [2.75, 3.05) is 19.6 Å². The van der Waals surface area contributed by atoms with Gasteiger partial charge in [0.1, 0.15) is 0 Å². The number of nitrogens with zero attached hydrogens (tertiary/aromatic N) is 1. The summed E-state index contributed by atoms with van der Waals surface area (Å²) in [6, 6.07) is 0. The second-order valence-electron chi connectivity index (χ2n) is 7.85. The summed E-state index contributed by atoms with van der Waals surface area (Å²) in [5.41, 5.74) is 6.39. The van der Waals surface area contributed by atoms with Crippen LogP contribution in [-0.4, -0.2) is 41.8 Å². The van der Waals surface area contributed by atoms with Crippen LogP contribution in [0.2, 0.25) is 0 Å². The third-order valence-electron chi connectivity index (χ3n) is 4.88. The van der Waals surface area contributed by atoms with Crippen molar-refractivity contribution in [1.29, 1.82) is 0 Å². The maximum Gasteiger partial charge on any atom is 0.0757 e. The minimum atomic E-state index is -0.0518. The largest absolute Gasteiger partial charge is 0.370 e. The van der Waals surface area contributed by atoms with Gasteiger partial charge in [-0.05, 0) is 51.9 Å². The monoisotopic (exact) mass is 268 g/mol. The van der Waals surface area contributed by atoms with Crippen LogP contribution in [0.4, 0.5) is 0 Å². The molecule has 3 nitrogen and oxygen atoms in total. The smallest absolute Gasteiger partial charge is 0.0757 e. The Kier molecular flexibility index (Phi) is 4.29. The van der Waals surface area contributed by atoms with Gasteiger partial charge in [-0.3, -0.25) is 4.90 Å². The average molecular weight is 268 g/mol. The van der Waals surface area contributed by atoms with Gasteiger partial charge in [0, 0.05) is 25.2 Å². The Bertz CT molecular complexity index is 306. The Morgan fingerprint density at radius 1 is 1.16 bits per heavy atom. The predicted octanol–water partition coefficient (Wildman–Crippen LogP) is 2.64. The first kappa shape index (κ1) is 15.3. The lowest BCUT2D eigenvalue weighted by molar-refractivity contribution is -0.161. The van der Waals surface area contributed by atoms with Crippen molar-refractivity contribution >= 4 is 0 Å². The highest BCUT2D eigenvalue weighted by atomic mass is 16.5. The van der Waals surface area contributed by atoms with Gasteiger partial charge >= 0.3 is 0 Å². The van der Waals surface area contributed by atoms with E-state index in [1.165, 1.54) is 19.3 Å². The van der Waals surface area contributed by atoms with Gasteiger partial charge in [-0.25, -0.2) is 0 Å². The van der Waals surface area contributed by atoms with E-state index in [4.69, 9.17) is 10.5 Å². The molecule has 1 saturated heterocycles. The fourth-order valence-electron chi connectivity index (χ4n) is 4.60. The fourth-order valence-corrected chi connectivity index (χ4v) is 4.60. The van der Waals surface area contributed by atoms with Crippen molar-refractivity contribution in [2.45, 2.75) is 71.1 Å². The molecule has 3 unspecified atom stereocenters. The van der Waals surface area contributed by atoms with E-state index in [1.54, 1.807) is 0 Å². The second-order valence-corrected chi connectivity index (χ2v) is 7.85. The molecule has 112 valence electrons. The summed E-state index contributed by atoms with van der Waals surface area (Å²) in [4.78, 5) is 2.65. The average Bonchev–Trinajstić information content (AvgIpc) is 2.24. The van der Waals surface area contributed by atoms with Gasteiger partial charge in [-0.1, -0.05) is 13.8 Å². The van der Waals surface area contributed by atoms with E-state index in [0.717, 1.165) is 31.5 Å². The number of rotatable bonds is 2. The maximum absolute atomic E-state index is 6.25. The molecule has 0 bridgehead atoms. The van der Waals surface area contributed by atoms with E-state index in [-0.39, 0.29) is 11.1 Å². The normalized spacial score (nSPS) is 44.2. The molecule has 3 heteroatoms. The molecule has 0 aromatic carbocycles. The zero-order valence-corrected chi connectivity index (χ0v) is 13.4. The first-order valence-corrected chi connectivity index (χ1v) is 7.89. The first-order valence-electron chi connectivity index (χ1n) is 7.89. The van der Waals surface area contributed by atoms with Gasteiger partial charge in [0.25, 0.3) is 0 Å². The van der Waals surface area contributed by atoms with Gasteiger partial charge in [0.05, 0.1) is 11.7 Å². The molecule has 0 radical (unpaired) electrons. The second kappa shape index (κ2) is 5.34. The maximum atomic E-state index is 6.25. The van der Waals surface area contributed by atoms with Crippen LogP contribution in [0.5, 0.6) is 0 Å². The van der Waals surface area contributed by atoms with Crippen LogP contribution in [0, 0.1) is 11.8 Å². The molecule has 1 aliphatic carbocycles. The highest BCUT2D eigenvalue weighted by Crippen LogP contribution is 2.41. The molecule has 1 saturated carbocycles. The lowest BCUT2D eigenvalue weighted by atomic mass is 9.70. The molecule has 0 amide bonds. The molecule has 0 spiro atoms. The number of hydrogen-bond donors (Lipinski definition) is 1. The van der Waals surface area contributed by atoms with Crippen LogP contribution in [0.25, 0.3) is 0 Å². The minimum absolute atomic E-state index is 0.0518. The Morgan fingerprint density at radius 3 is 2.21 bits per heavy atom. The summed E-state index contributed by atoms with van der Waals surface area (Å²) < 4.78 is 6.06. The molecular weight excluding hydrogens is 236 g/mol. The zero-order chi connectivity index (χ0) is 14.3. The minimum Gasteiger partial charge on any atom is -0.370 e. The summed E-state index contributed by atoms with van der Waals surface area (Å²) >= 11 is 0. The third-order valence-corrected chi connectivity index (χ3v) is 4.88. The number of morpholine rings is 1. The third kappa shape index (κ3) is 3.32. The van der Waals surface area contributed by atoms with E-state index in [1.807, 2.05) is 0 Å². The molecule has 2 rings (SSSR count). The molecule has 2 fully saturated rings. The molecule has 19 heavy (non-hydrogen) atoms. The van der Waals surface area contributed by atoms with E-state index in [0.29, 0.717) is 6.10 Å². The van der Waals surface area contributed by atoms with Crippen molar-refractivity contribution in [3.63, 3.8) is 0 Å². The summed E-state index contributed by atoms with van der Waals surface area (Å²) in [6.45, 7) is 14.2. The molecule has 2 aliphatic rings. The van der Waals surface area contributed by atoms with Gasteiger partial charge in [-0.15, -0.1) is 0 Å². The SMILES string of the molecule is CC1CC(C)CC(CN)(N2CC(C)OC(C)(C)C2)C1. The predicted molar refractivity (Wildman–Crippen MR) is 80.2 cm³/mol.